The van der Waals surface area contributed by atoms with E-state index in [0.717, 1.165) is 0 Å². The first-order valence-corrected chi connectivity index (χ1v) is 5.13. The number of nitrogens with one attached hydrogen (secondary N) is 1. The summed E-state index contributed by atoms with van der Waals surface area (Å²) in [5.74, 6) is -0.0257. The van der Waals surface area contributed by atoms with Crippen molar-refractivity contribution in [3.05, 3.63) is 21.2 Å². The Hall–Kier alpha value is -1.80. The van der Waals surface area contributed by atoms with Gasteiger partial charge in [-0.25, -0.2) is 0 Å². The van der Waals surface area contributed by atoms with E-state index in [9.17, 15) is 15.0 Å². The average Bonchev–Trinajstić information content (AvgIpc) is 2.27. The van der Waals surface area contributed by atoms with Gasteiger partial charge in [0.05, 0.1) is 18.7 Å². The number of aliphatic hydroxyl groups is 2. The lowest BCUT2D eigenvalue weighted by Crippen LogP contribution is -2.50. The van der Waals surface area contributed by atoms with Crippen molar-refractivity contribution in [3.63, 3.8) is 0 Å². The minimum absolute atomic E-state index is 0.0257. The molecule has 2 heterocycles. The Kier molecular flexibility index (Phi) is 2.90. The van der Waals surface area contributed by atoms with Gasteiger partial charge in [-0.1, -0.05) is 0 Å². The van der Waals surface area contributed by atoms with Gasteiger partial charge < -0.3 is 15.9 Å². The Labute approximate surface area is 95.6 Å². The monoisotopic (exact) mass is 239 g/mol. The van der Waals surface area contributed by atoms with Crippen molar-refractivity contribution in [2.45, 2.75) is 25.2 Å². The van der Waals surface area contributed by atoms with E-state index in [-0.39, 0.29) is 23.3 Å². The molecule has 1 aromatic rings. The van der Waals surface area contributed by atoms with Crippen molar-refractivity contribution in [2.24, 2.45) is 9.98 Å². The molecular formula is C9H13N5O3. The van der Waals surface area contributed by atoms with E-state index in [1.165, 1.54) is 6.92 Å². The van der Waals surface area contributed by atoms with Gasteiger partial charge in [0.25, 0.3) is 5.56 Å². The Balaban J connectivity index is 2.51. The summed E-state index contributed by atoms with van der Waals surface area (Å²) in [6, 6.07) is -0.644. The van der Waals surface area contributed by atoms with Crippen LogP contribution in [-0.2, 0) is 0 Å². The zero-order valence-electron chi connectivity index (χ0n) is 9.16. The molecule has 3 atom stereocenters. The molecule has 2 rings (SSSR count). The molecule has 92 valence electrons. The Morgan fingerprint density at radius 1 is 1.53 bits per heavy atom. The van der Waals surface area contributed by atoms with Gasteiger partial charge in [0.2, 0.25) is 5.95 Å². The normalized spacial score (nSPS) is 21.9. The van der Waals surface area contributed by atoms with Gasteiger partial charge >= 0.3 is 0 Å². The van der Waals surface area contributed by atoms with Gasteiger partial charge in [0.1, 0.15) is 6.10 Å². The second kappa shape index (κ2) is 4.22. The first kappa shape index (κ1) is 11.7. The molecule has 8 heteroatoms. The van der Waals surface area contributed by atoms with E-state index in [1.807, 2.05) is 0 Å². The van der Waals surface area contributed by atoms with E-state index in [1.54, 1.807) is 0 Å². The van der Waals surface area contributed by atoms with Crippen molar-refractivity contribution in [1.82, 2.24) is 9.97 Å². The number of aromatic amines is 1. The molecule has 0 saturated heterocycles. The molecule has 0 amide bonds. The highest BCUT2D eigenvalue weighted by molar-refractivity contribution is 5.12. The number of rotatable bonds is 2. The lowest BCUT2D eigenvalue weighted by Gasteiger charge is -2.21. The van der Waals surface area contributed by atoms with Crippen LogP contribution in [-0.4, -0.2) is 45.0 Å². The highest BCUT2D eigenvalue weighted by atomic mass is 16.3. The standard InChI is InChI=1S/C9H13N5O3/c1-3(15)6(16)4-2-11-7-5(12-4)8(17)14-9(10)13-7/h3-4,6,15-16H,2H2,1H3,(H3,10,11,13,14,17)/t3-,4-,6-/m1/s1. The molecule has 0 radical (unpaired) electrons. The van der Waals surface area contributed by atoms with Gasteiger partial charge in [-0.3, -0.25) is 19.8 Å². The number of fused-ring (bicyclic) bond motifs is 1. The number of H-pyrrole nitrogens is 1. The smallest absolute Gasteiger partial charge is 0.280 e. The van der Waals surface area contributed by atoms with Gasteiger partial charge in [0, 0.05) is 0 Å². The van der Waals surface area contributed by atoms with Crippen molar-refractivity contribution in [3.8, 4) is 0 Å². The predicted octanol–water partition coefficient (Wildman–Crippen LogP) is -3.28. The minimum atomic E-state index is -1.07. The summed E-state index contributed by atoms with van der Waals surface area (Å²) in [7, 11) is 0. The second-order valence-electron chi connectivity index (χ2n) is 3.89. The summed E-state index contributed by atoms with van der Waals surface area (Å²) >= 11 is 0. The zero-order valence-corrected chi connectivity index (χ0v) is 9.16. The molecule has 0 aromatic carbocycles. The van der Waals surface area contributed by atoms with E-state index < -0.39 is 23.8 Å². The molecule has 0 bridgehead atoms. The van der Waals surface area contributed by atoms with Crippen molar-refractivity contribution < 1.29 is 10.2 Å². The molecular weight excluding hydrogens is 226 g/mol. The van der Waals surface area contributed by atoms with Gasteiger partial charge in [-0.05, 0) is 6.92 Å². The molecule has 0 saturated carbocycles. The number of nitrogens with zero attached hydrogens (tertiary/aromatic N) is 3. The Bertz CT molecular complexity index is 594. The molecule has 1 aromatic heterocycles. The lowest BCUT2D eigenvalue weighted by molar-refractivity contribution is 0.0160. The summed E-state index contributed by atoms with van der Waals surface area (Å²) in [6.45, 7) is 1.61. The molecule has 0 fully saturated rings. The number of aromatic nitrogens is 2. The largest absolute Gasteiger partial charge is 0.391 e. The fourth-order valence-electron chi connectivity index (χ4n) is 1.59. The summed E-state index contributed by atoms with van der Waals surface area (Å²) in [6.07, 6.45) is -2.01. The van der Waals surface area contributed by atoms with Crippen LogP contribution in [0.3, 0.4) is 0 Å². The van der Waals surface area contributed by atoms with Gasteiger partial charge in [-0.15, -0.1) is 0 Å². The van der Waals surface area contributed by atoms with E-state index >= 15 is 0 Å². The number of hydrogen-bond donors (Lipinski definition) is 4. The number of nitrogen functional groups attached to an aromatic ring is 1. The quantitative estimate of drug-likeness (QED) is 0.429. The number of hydrogen-bond acceptors (Lipinski definition) is 7. The SMILES string of the molecule is C[C@@H](O)[C@@H](O)[C@H]1CN=c2nc(N)[nH]c(=O)c2=N1. The average molecular weight is 239 g/mol. The highest BCUT2D eigenvalue weighted by Gasteiger charge is 2.24. The van der Waals surface area contributed by atoms with Crippen LogP contribution in [0.25, 0.3) is 0 Å². The first-order valence-electron chi connectivity index (χ1n) is 5.13. The highest BCUT2D eigenvalue weighted by Crippen LogP contribution is 2.04. The van der Waals surface area contributed by atoms with Crippen LogP contribution in [0.15, 0.2) is 14.8 Å². The van der Waals surface area contributed by atoms with E-state index in [0.29, 0.717) is 0 Å². The number of nitrogens with two attached hydrogens (primary N) is 1. The third-order valence-electron chi connectivity index (χ3n) is 2.51. The van der Waals surface area contributed by atoms with Crippen LogP contribution in [0.1, 0.15) is 6.92 Å². The maximum absolute atomic E-state index is 11.5. The molecule has 0 aliphatic carbocycles. The number of aliphatic hydroxyl groups excluding tert-OH is 2. The summed E-state index contributed by atoms with van der Waals surface area (Å²) in [4.78, 5) is 25.7. The summed E-state index contributed by atoms with van der Waals surface area (Å²) in [5.41, 5.74) is 5.03. The molecule has 8 nitrogen and oxygen atoms in total. The first-order chi connectivity index (χ1) is 7.99. The molecule has 1 aliphatic rings. The Morgan fingerprint density at radius 3 is 2.88 bits per heavy atom. The van der Waals surface area contributed by atoms with Gasteiger partial charge in [-0.2, -0.15) is 4.98 Å². The minimum Gasteiger partial charge on any atom is -0.391 e. The van der Waals surface area contributed by atoms with Crippen molar-refractivity contribution in [1.29, 1.82) is 0 Å². The number of anilines is 1. The fourth-order valence-corrected chi connectivity index (χ4v) is 1.59. The third-order valence-corrected chi connectivity index (χ3v) is 2.51. The predicted molar refractivity (Wildman–Crippen MR) is 57.9 cm³/mol. The second-order valence-corrected chi connectivity index (χ2v) is 3.89. The van der Waals surface area contributed by atoms with Crippen LogP contribution in [0.5, 0.6) is 0 Å². The van der Waals surface area contributed by atoms with Crippen LogP contribution in [0.2, 0.25) is 0 Å². The zero-order chi connectivity index (χ0) is 12.6. The van der Waals surface area contributed by atoms with Crippen LogP contribution in [0, 0.1) is 0 Å². The van der Waals surface area contributed by atoms with Crippen molar-refractivity contribution >= 4 is 5.95 Å². The van der Waals surface area contributed by atoms with Crippen LogP contribution in [0.4, 0.5) is 5.95 Å². The topological polar surface area (TPSA) is 137 Å². The van der Waals surface area contributed by atoms with E-state index in [2.05, 4.69) is 20.0 Å². The van der Waals surface area contributed by atoms with Gasteiger partial charge in [0.15, 0.2) is 10.8 Å². The molecule has 1 aliphatic heterocycles. The molecule has 0 spiro atoms. The fraction of sp³-hybridized carbons (Fsp3) is 0.556. The maximum Gasteiger partial charge on any atom is 0.280 e. The van der Waals surface area contributed by atoms with E-state index in [4.69, 9.17) is 5.73 Å². The van der Waals surface area contributed by atoms with Crippen molar-refractivity contribution in [2.75, 3.05) is 12.3 Å². The van der Waals surface area contributed by atoms with Crippen LogP contribution < -0.4 is 22.1 Å². The molecule has 17 heavy (non-hydrogen) atoms. The molecule has 5 N–H and O–H groups in total. The molecule has 0 unspecified atom stereocenters. The lowest BCUT2D eigenvalue weighted by atomic mass is 10.1. The van der Waals surface area contributed by atoms with Crippen LogP contribution >= 0.6 is 0 Å². The Morgan fingerprint density at radius 2 is 2.24 bits per heavy atom. The maximum atomic E-state index is 11.5. The summed E-state index contributed by atoms with van der Waals surface area (Å²) in [5, 5.41) is 19.0. The summed E-state index contributed by atoms with van der Waals surface area (Å²) < 4.78 is 0. The third kappa shape index (κ3) is 2.17.